The van der Waals surface area contributed by atoms with Crippen LogP contribution in [0.5, 0.6) is 0 Å². The van der Waals surface area contributed by atoms with Crippen molar-refractivity contribution in [2.45, 2.75) is 58.5 Å². The number of carbonyl (C=O) groups excluding carboxylic acids is 2. The van der Waals surface area contributed by atoms with Crippen molar-refractivity contribution in [1.82, 2.24) is 10.6 Å². The second-order valence-electron chi connectivity index (χ2n) is 9.22. The highest BCUT2D eigenvalue weighted by atomic mass is 16.5. The highest BCUT2D eigenvalue weighted by molar-refractivity contribution is 5.86. The van der Waals surface area contributed by atoms with Crippen molar-refractivity contribution in [3.05, 3.63) is 59.7 Å². The number of hydrogen-bond donors (Lipinski definition) is 3. The van der Waals surface area contributed by atoms with Gasteiger partial charge in [-0.3, -0.25) is 4.79 Å². The van der Waals surface area contributed by atoms with Gasteiger partial charge in [-0.15, -0.1) is 0 Å². The van der Waals surface area contributed by atoms with Gasteiger partial charge in [0.15, 0.2) is 0 Å². The minimum absolute atomic E-state index is 0.0528. The summed E-state index contributed by atoms with van der Waals surface area (Å²) in [6, 6.07) is 14.7. The smallest absolute Gasteiger partial charge is 0.407 e. The molecule has 3 rings (SSSR count). The van der Waals surface area contributed by atoms with Crippen molar-refractivity contribution in [3.63, 3.8) is 0 Å². The van der Waals surface area contributed by atoms with E-state index in [1.807, 2.05) is 45.0 Å². The van der Waals surface area contributed by atoms with Gasteiger partial charge >= 0.3 is 12.1 Å². The molecule has 7 heteroatoms. The minimum Gasteiger partial charge on any atom is -0.480 e. The van der Waals surface area contributed by atoms with Crippen molar-refractivity contribution in [2.75, 3.05) is 6.61 Å². The molecule has 182 valence electrons. The van der Waals surface area contributed by atoms with Gasteiger partial charge in [0.05, 0.1) is 5.92 Å². The molecule has 34 heavy (non-hydrogen) atoms. The van der Waals surface area contributed by atoms with E-state index in [4.69, 9.17) is 4.74 Å². The van der Waals surface area contributed by atoms with Crippen LogP contribution in [-0.4, -0.2) is 41.8 Å². The van der Waals surface area contributed by atoms with E-state index in [-0.39, 0.29) is 24.3 Å². The Hall–Kier alpha value is -3.35. The van der Waals surface area contributed by atoms with Crippen LogP contribution < -0.4 is 10.6 Å². The molecule has 2 unspecified atom stereocenters. The third kappa shape index (κ3) is 5.58. The molecule has 0 saturated carbocycles. The van der Waals surface area contributed by atoms with Crippen LogP contribution in [0.3, 0.4) is 0 Å². The molecule has 0 saturated heterocycles. The van der Waals surface area contributed by atoms with Crippen LogP contribution in [0.2, 0.25) is 0 Å². The van der Waals surface area contributed by atoms with E-state index in [1.165, 1.54) is 0 Å². The summed E-state index contributed by atoms with van der Waals surface area (Å²) in [5.41, 5.74) is 4.55. The maximum absolute atomic E-state index is 12.9. The predicted molar refractivity (Wildman–Crippen MR) is 130 cm³/mol. The number of carboxylic acid groups (broad SMARTS) is 1. The fraction of sp³-hybridized carbons (Fsp3) is 0.444. The van der Waals surface area contributed by atoms with Crippen LogP contribution in [0.4, 0.5) is 4.79 Å². The number of amides is 2. The number of nitrogens with one attached hydrogen (secondary N) is 2. The lowest BCUT2D eigenvalue weighted by Crippen LogP contribution is -2.51. The number of carboxylic acids is 1. The first-order chi connectivity index (χ1) is 16.2. The van der Waals surface area contributed by atoms with E-state index in [0.29, 0.717) is 12.8 Å². The lowest BCUT2D eigenvalue weighted by molar-refractivity contribution is -0.143. The van der Waals surface area contributed by atoms with Crippen molar-refractivity contribution < 1.29 is 24.2 Å². The van der Waals surface area contributed by atoms with Crippen LogP contribution in [0.1, 0.15) is 57.6 Å². The zero-order valence-electron chi connectivity index (χ0n) is 20.2. The Morgan fingerprint density at radius 2 is 1.50 bits per heavy atom. The van der Waals surface area contributed by atoms with Gasteiger partial charge in [-0.25, -0.2) is 9.59 Å². The molecule has 0 bridgehead atoms. The Labute approximate surface area is 200 Å². The molecule has 2 aromatic carbocycles. The van der Waals surface area contributed by atoms with E-state index in [0.717, 1.165) is 22.3 Å². The number of ether oxygens (including phenoxy) is 1. The minimum atomic E-state index is -1.06. The second kappa shape index (κ2) is 11.2. The Kier molecular flexibility index (Phi) is 8.31. The molecule has 0 fully saturated rings. The Bertz CT molecular complexity index is 990. The van der Waals surface area contributed by atoms with Crippen molar-refractivity contribution >= 4 is 18.0 Å². The van der Waals surface area contributed by atoms with Gasteiger partial charge in [-0.05, 0) is 41.5 Å². The summed E-state index contributed by atoms with van der Waals surface area (Å²) < 4.78 is 5.60. The van der Waals surface area contributed by atoms with E-state index >= 15 is 0 Å². The van der Waals surface area contributed by atoms with Crippen molar-refractivity contribution in [2.24, 2.45) is 11.8 Å². The summed E-state index contributed by atoms with van der Waals surface area (Å²) in [6.07, 6.45) is 0.383. The quantitative estimate of drug-likeness (QED) is 0.476. The lowest BCUT2D eigenvalue weighted by Gasteiger charge is -2.28. The highest BCUT2D eigenvalue weighted by Crippen LogP contribution is 2.44. The van der Waals surface area contributed by atoms with E-state index in [2.05, 4.69) is 34.9 Å². The standard InChI is InChI=1S/C27H34N2O5/c1-5-10-23(26(31)32)29-25(30)24(16(2)3)17(4)28-27(33)34-15-22-20-13-8-6-11-18(20)19-12-7-9-14-21(19)22/h6-9,11-14,16-17,22-24H,5,10,15H2,1-4H3,(H,28,33)(H,29,30)(H,31,32)/t17?,23-,24?/m1/s1. The number of carbonyl (C=O) groups is 3. The number of alkyl carbamates (subject to hydrolysis) is 1. The Balaban J connectivity index is 1.63. The molecule has 3 atom stereocenters. The summed E-state index contributed by atoms with van der Waals surface area (Å²) in [5, 5.41) is 14.8. The molecule has 7 nitrogen and oxygen atoms in total. The third-order valence-electron chi connectivity index (χ3n) is 6.44. The summed E-state index contributed by atoms with van der Waals surface area (Å²) in [6.45, 7) is 7.53. The highest BCUT2D eigenvalue weighted by Gasteiger charge is 2.33. The first-order valence-corrected chi connectivity index (χ1v) is 11.9. The Morgan fingerprint density at radius 1 is 0.941 bits per heavy atom. The monoisotopic (exact) mass is 466 g/mol. The number of hydrogen-bond acceptors (Lipinski definition) is 4. The van der Waals surface area contributed by atoms with Crippen LogP contribution >= 0.6 is 0 Å². The largest absolute Gasteiger partial charge is 0.480 e. The SMILES string of the molecule is CCC[C@@H](NC(=O)C(C(C)C)C(C)NC(=O)OCC1c2ccccc2-c2ccccc21)C(=O)O. The predicted octanol–water partition coefficient (Wildman–Crippen LogP) is 4.56. The van der Waals surface area contributed by atoms with Gasteiger partial charge in [-0.1, -0.05) is 75.7 Å². The summed E-state index contributed by atoms with van der Waals surface area (Å²) in [7, 11) is 0. The van der Waals surface area contributed by atoms with Crippen LogP contribution in [0.15, 0.2) is 48.5 Å². The summed E-state index contributed by atoms with van der Waals surface area (Å²) in [5.74, 6) is -2.21. The molecule has 0 heterocycles. The van der Waals surface area contributed by atoms with Crippen molar-refractivity contribution in [3.8, 4) is 11.1 Å². The molecule has 1 aliphatic rings. The molecule has 2 aromatic rings. The third-order valence-corrected chi connectivity index (χ3v) is 6.44. The van der Waals surface area contributed by atoms with Gasteiger partial charge in [0.1, 0.15) is 12.6 Å². The molecule has 0 spiro atoms. The fourth-order valence-corrected chi connectivity index (χ4v) is 4.84. The van der Waals surface area contributed by atoms with Crippen LogP contribution in [0.25, 0.3) is 11.1 Å². The van der Waals surface area contributed by atoms with E-state index in [9.17, 15) is 19.5 Å². The number of rotatable bonds is 10. The molecule has 2 amide bonds. The number of aliphatic carboxylic acids is 1. The maximum atomic E-state index is 12.9. The average molecular weight is 467 g/mol. The zero-order valence-corrected chi connectivity index (χ0v) is 20.2. The van der Waals surface area contributed by atoms with Gasteiger partial charge in [0.2, 0.25) is 5.91 Å². The lowest BCUT2D eigenvalue weighted by atomic mass is 9.88. The average Bonchev–Trinajstić information content (AvgIpc) is 3.11. The van der Waals surface area contributed by atoms with E-state index < -0.39 is 30.1 Å². The summed E-state index contributed by atoms with van der Waals surface area (Å²) in [4.78, 5) is 37.0. The topological polar surface area (TPSA) is 105 Å². The molecule has 3 N–H and O–H groups in total. The van der Waals surface area contributed by atoms with Crippen LogP contribution in [-0.2, 0) is 14.3 Å². The van der Waals surface area contributed by atoms with Crippen LogP contribution in [0, 0.1) is 11.8 Å². The Morgan fingerprint density at radius 3 is 2.00 bits per heavy atom. The van der Waals surface area contributed by atoms with Gasteiger partial charge in [0, 0.05) is 12.0 Å². The number of fused-ring (bicyclic) bond motifs is 3. The normalized spacial score (nSPS) is 15.1. The molecule has 0 radical (unpaired) electrons. The molecule has 1 aliphatic carbocycles. The fourth-order valence-electron chi connectivity index (χ4n) is 4.84. The zero-order chi connectivity index (χ0) is 24.8. The van der Waals surface area contributed by atoms with Gasteiger partial charge < -0.3 is 20.5 Å². The van der Waals surface area contributed by atoms with E-state index in [1.54, 1.807) is 6.92 Å². The molecule has 0 aliphatic heterocycles. The van der Waals surface area contributed by atoms with Gasteiger partial charge in [-0.2, -0.15) is 0 Å². The van der Waals surface area contributed by atoms with Gasteiger partial charge in [0.25, 0.3) is 0 Å². The second-order valence-corrected chi connectivity index (χ2v) is 9.22. The summed E-state index contributed by atoms with van der Waals surface area (Å²) >= 11 is 0. The molecular formula is C27H34N2O5. The first kappa shape index (κ1) is 25.3. The molecular weight excluding hydrogens is 432 g/mol. The van der Waals surface area contributed by atoms with Crippen molar-refractivity contribution in [1.29, 1.82) is 0 Å². The number of benzene rings is 2. The molecule has 0 aromatic heterocycles. The maximum Gasteiger partial charge on any atom is 0.407 e. The first-order valence-electron chi connectivity index (χ1n) is 11.9.